The summed E-state index contributed by atoms with van der Waals surface area (Å²) in [6.07, 6.45) is 12.9. The number of allylic oxidation sites excluding steroid dienone is 2. The Kier molecular flexibility index (Phi) is 15.4. The van der Waals surface area contributed by atoms with Crippen molar-refractivity contribution in [1.29, 1.82) is 0 Å². The summed E-state index contributed by atoms with van der Waals surface area (Å²) in [4.78, 5) is 39.4. The van der Waals surface area contributed by atoms with Gasteiger partial charge in [-0.3, -0.25) is 9.59 Å². The largest absolute Gasteiger partial charge is 0.393 e. The van der Waals surface area contributed by atoms with Crippen molar-refractivity contribution < 1.29 is 29.7 Å². The molecule has 4 atom stereocenters. The fourth-order valence-corrected chi connectivity index (χ4v) is 5.31. The summed E-state index contributed by atoms with van der Waals surface area (Å²) in [7, 11) is 0. The number of hydrogen-bond acceptors (Lipinski definition) is 7. The van der Waals surface area contributed by atoms with Crippen molar-refractivity contribution in [3.05, 3.63) is 57.7 Å². The number of aliphatic hydroxyl groups is 2. The maximum atomic E-state index is 12.3. The highest BCUT2D eigenvalue weighted by Crippen LogP contribution is 2.38. The number of Topliss-reactive ketones (excluding diaryl/α,β-unsaturated/α-hetero) is 1. The molecule has 3 N–H and O–H groups in total. The highest BCUT2D eigenvalue weighted by molar-refractivity contribution is 5.78. The van der Waals surface area contributed by atoms with E-state index in [9.17, 15) is 29.9 Å². The molecule has 0 heterocycles. The van der Waals surface area contributed by atoms with E-state index in [1.807, 2.05) is 12.2 Å². The third kappa shape index (κ3) is 12.7. The van der Waals surface area contributed by atoms with Crippen LogP contribution >= 0.6 is 0 Å². The van der Waals surface area contributed by atoms with Gasteiger partial charge in [-0.2, -0.15) is 0 Å². The third-order valence-electron chi connectivity index (χ3n) is 7.61. The minimum absolute atomic E-state index is 0.0590. The van der Waals surface area contributed by atoms with Gasteiger partial charge in [0.25, 0.3) is 5.09 Å². The van der Waals surface area contributed by atoms with Crippen LogP contribution in [0.3, 0.4) is 0 Å². The molecule has 0 spiro atoms. The van der Waals surface area contributed by atoms with E-state index in [1.165, 1.54) is 19.3 Å². The van der Waals surface area contributed by atoms with Crippen LogP contribution in [0.25, 0.3) is 0 Å². The zero-order valence-electron chi connectivity index (χ0n) is 23.3. The van der Waals surface area contributed by atoms with Crippen LogP contribution in [-0.4, -0.2) is 39.2 Å². The number of hydrogen-bond donors (Lipinski definition) is 3. The van der Waals surface area contributed by atoms with Gasteiger partial charge in [-0.05, 0) is 61.5 Å². The predicted octanol–water partition coefficient (Wildman–Crippen LogP) is 5.20. The quantitative estimate of drug-likeness (QED) is 0.0884. The Labute approximate surface area is 232 Å². The lowest BCUT2D eigenvalue weighted by atomic mass is 9.86. The first-order valence-electron chi connectivity index (χ1n) is 14.4. The fraction of sp³-hybridized carbons (Fsp3) is 0.667. The molecule has 0 saturated heterocycles. The summed E-state index contributed by atoms with van der Waals surface area (Å²) in [5.74, 6) is 0.0215. The van der Waals surface area contributed by atoms with Gasteiger partial charge in [0.1, 0.15) is 12.4 Å². The lowest BCUT2D eigenvalue weighted by Crippen LogP contribution is -2.23. The van der Waals surface area contributed by atoms with Crippen LogP contribution in [0.15, 0.2) is 36.4 Å². The molecule has 9 nitrogen and oxygen atoms in total. The molecule has 1 aromatic rings. The van der Waals surface area contributed by atoms with Crippen molar-refractivity contribution in [3.8, 4) is 0 Å². The molecule has 218 valence electrons. The Morgan fingerprint density at radius 3 is 2.46 bits per heavy atom. The number of nitrogens with zero attached hydrogens (tertiary/aromatic N) is 1. The van der Waals surface area contributed by atoms with Crippen LogP contribution in [0.5, 0.6) is 0 Å². The van der Waals surface area contributed by atoms with Gasteiger partial charge < -0.3 is 20.4 Å². The number of unbranched alkanes of at least 4 members (excludes halogenated alkanes) is 5. The highest BCUT2D eigenvalue weighted by Gasteiger charge is 2.40. The number of ketones is 1. The zero-order valence-corrected chi connectivity index (χ0v) is 23.3. The maximum Gasteiger partial charge on any atom is 0.294 e. The van der Waals surface area contributed by atoms with Crippen molar-refractivity contribution in [2.24, 2.45) is 11.8 Å². The van der Waals surface area contributed by atoms with Crippen LogP contribution in [0, 0.1) is 22.0 Å². The van der Waals surface area contributed by atoms with Gasteiger partial charge >= 0.3 is 0 Å². The minimum atomic E-state index is -0.837. The third-order valence-corrected chi connectivity index (χ3v) is 7.61. The number of benzene rings is 1. The molecule has 0 aliphatic heterocycles. The summed E-state index contributed by atoms with van der Waals surface area (Å²) < 4.78 is 0. The Morgan fingerprint density at radius 1 is 1.00 bits per heavy atom. The first-order valence-corrected chi connectivity index (χ1v) is 14.4. The molecule has 9 heteroatoms. The van der Waals surface area contributed by atoms with E-state index >= 15 is 0 Å². The van der Waals surface area contributed by atoms with Gasteiger partial charge in [-0.1, -0.05) is 69.0 Å². The summed E-state index contributed by atoms with van der Waals surface area (Å²) in [6.45, 7) is 2.29. The molecule has 1 aliphatic rings. The van der Waals surface area contributed by atoms with Crippen molar-refractivity contribution in [3.63, 3.8) is 0 Å². The number of amides is 1. The van der Waals surface area contributed by atoms with Gasteiger partial charge in [0.2, 0.25) is 5.91 Å². The zero-order chi connectivity index (χ0) is 28.5. The summed E-state index contributed by atoms with van der Waals surface area (Å²) in [5, 5.41) is 33.4. The normalized spacial score (nSPS) is 20.8. The minimum Gasteiger partial charge on any atom is -0.393 e. The van der Waals surface area contributed by atoms with E-state index in [0.29, 0.717) is 56.9 Å². The Morgan fingerprint density at radius 2 is 1.72 bits per heavy atom. The molecule has 0 aromatic heterocycles. The van der Waals surface area contributed by atoms with Crippen molar-refractivity contribution in [1.82, 2.24) is 5.32 Å². The molecule has 1 aliphatic carbocycles. The second kappa shape index (κ2) is 18.5. The molecular weight excluding hydrogens is 500 g/mol. The summed E-state index contributed by atoms with van der Waals surface area (Å²) >= 11 is 0. The van der Waals surface area contributed by atoms with E-state index in [4.69, 9.17) is 0 Å². The number of rotatable bonds is 20. The molecule has 1 fully saturated rings. The molecule has 0 radical (unpaired) electrons. The van der Waals surface area contributed by atoms with Crippen molar-refractivity contribution in [2.75, 3.05) is 0 Å². The van der Waals surface area contributed by atoms with Crippen LogP contribution < -0.4 is 5.32 Å². The number of aliphatic hydroxyl groups excluding tert-OH is 2. The van der Waals surface area contributed by atoms with E-state index < -0.39 is 17.3 Å². The lowest BCUT2D eigenvalue weighted by Gasteiger charge is -2.22. The SMILES string of the molecule is CCCCCCCC(=O)CC[C@@H]1[C@@H](C/C=C\CCCC(=O)NCc2ccccc2CO[N+](=O)[O-])[C@@H](O)C[C@H]1O. The number of nitrogens with one attached hydrogen (secondary N) is 1. The molecule has 39 heavy (non-hydrogen) atoms. The standard InChI is InChI=1S/C30H46N2O7/c1-2-3-4-5-8-15-25(33)18-19-27-26(28(34)20-29(27)35)16-9-6-7-10-17-30(36)31-21-23-13-11-12-14-24(23)22-39-32(37)38/h6,9,11-14,26-29,34-35H,2-5,7-8,10,15-22H2,1H3,(H,31,36)/b9-6-/t26-,27-,28+,29-/m1/s1. The Hall–Kier alpha value is -2.78. The molecule has 1 saturated carbocycles. The number of carbonyl (C=O) groups is 2. The van der Waals surface area contributed by atoms with Crippen LogP contribution in [-0.2, 0) is 27.6 Å². The Bertz CT molecular complexity index is 920. The average molecular weight is 547 g/mol. The summed E-state index contributed by atoms with van der Waals surface area (Å²) in [6, 6.07) is 7.10. The average Bonchev–Trinajstić information content (AvgIpc) is 3.18. The monoisotopic (exact) mass is 546 g/mol. The van der Waals surface area contributed by atoms with E-state index in [-0.39, 0.29) is 36.7 Å². The van der Waals surface area contributed by atoms with Crippen molar-refractivity contribution >= 4 is 11.7 Å². The molecular formula is C30H46N2O7. The molecule has 1 amide bonds. The first kappa shape index (κ1) is 32.4. The van der Waals surface area contributed by atoms with Crippen molar-refractivity contribution in [2.45, 2.75) is 116 Å². The van der Waals surface area contributed by atoms with E-state index in [0.717, 1.165) is 18.4 Å². The molecule has 0 bridgehead atoms. The van der Waals surface area contributed by atoms with Gasteiger partial charge in [0.15, 0.2) is 0 Å². The van der Waals surface area contributed by atoms with Gasteiger partial charge in [-0.15, -0.1) is 10.1 Å². The van der Waals surface area contributed by atoms with Crippen LogP contribution in [0.2, 0.25) is 0 Å². The first-order chi connectivity index (χ1) is 18.8. The van der Waals surface area contributed by atoms with Gasteiger partial charge in [0.05, 0.1) is 12.2 Å². The fourth-order valence-electron chi connectivity index (χ4n) is 5.31. The van der Waals surface area contributed by atoms with Gasteiger partial charge in [0, 0.05) is 25.8 Å². The molecule has 1 aromatic carbocycles. The lowest BCUT2D eigenvalue weighted by molar-refractivity contribution is -0.763. The van der Waals surface area contributed by atoms with Crippen LogP contribution in [0.4, 0.5) is 0 Å². The predicted molar refractivity (Wildman–Crippen MR) is 149 cm³/mol. The van der Waals surface area contributed by atoms with Gasteiger partial charge in [-0.25, -0.2) is 0 Å². The van der Waals surface area contributed by atoms with E-state index in [2.05, 4.69) is 17.1 Å². The second-order valence-electron chi connectivity index (χ2n) is 10.6. The summed E-state index contributed by atoms with van der Waals surface area (Å²) in [5.41, 5.74) is 1.43. The Balaban J connectivity index is 1.66. The van der Waals surface area contributed by atoms with Crippen LogP contribution in [0.1, 0.15) is 102 Å². The second-order valence-corrected chi connectivity index (χ2v) is 10.6. The number of carbonyl (C=O) groups excluding carboxylic acids is 2. The highest BCUT2D eigenvalue weighted by atomic mass is 16.9. The smallest absolute Gasteiger partial charge is 0.294 e. The topological polar surface area (TPSA) is 139 Å². The molecule has 2 rings (SSSR count). The molecule has 0 unspecified atom stereocenters. The van der Waals surface area contributed by atoms with E-state index in [1.54, 1.807) is 24.3 Å². The maximum absolute atomic E-state index is 12.3.